The van der Waals surface area contributed by atoms with Crippen LogP contribution in [-0.4, -0.2) is 46.2 Å². The number of urea groups is 1. The predicted molar refractivity (Wildman–Crippen MR) is 92.0 cm³/mol. The molecule has 0 spiro atoms. The highest BCUT2D eigenvalue weighted by Crippen LogP contribution is 2.29. The van der Waals surface area contributed by atoms with E-state index in [2.05, 4.69) is 4.99 Å². The highest BCUT2D eigenvalue weighted by molar-refractivity contribution is 6.30. The van der Waals surface area contributed by atoms with Crippen LogP contribution in [-0.2, 0) is 11.3 Å². The largest absolute Gasteiger partial charge is 0.402 e. The molecule has 2 aliphatic heterocycles. The second-order valence-electron chi connectivity index (χ2n) is 6.31. The number of amidine groups is 1. The maximum Gasteiger partial charge on any atom is 0.402 e. The summed E-state index contributed by atoms with van der Waals surface area (Å²) in [5, 5.41) is 0.675. The SMILES string of the molecule is Cc1c[n+]2c(n1Cc1cccc(Cl)c1)N=C1C2C(=O)N(C)C(=O)N1C. The van der Waals surface area contributed by atoms with E-state index in [1.54, 1.807) is 7.05 Å². The monoisotopic (exact) mass is 358 g/mol. The Labute approximate surface area is 149 Å². The van der Waals surface area contributed by atoms with Gasteiger partial charge in [0, 0.05) is 19.1 Å². The molecule has 0 radical (unpaired) electrons. The Morgan fingerprint density at radius 2 is 2.00 bits per heavy atom. The van der Waals surface area contributed by atoms with Gasteiger partial charge in [-0.05, 0) is 24.6 Å². The molecule has 0 aliphatic carbocycles. The normalized spacial score (nSPS) is 19.2. The fourth-order valence-corrected chi connectivity index (χ4v) is 3.54. The standard InChI is InChI=1S/C17H17ClN5O2/c1-10-8-23-13-14(20(2)17(25)21(3)15(13)24)19-16(23)22(10)9-11-5-4-6-12(18)7-11/h4-8,13H,9H2,1-3H3/q+1. The number of imidazole rings is 1. The Hall–Kier alpha value is -2.67. The van der Waals surface area contributed by atoms with E-state index in [1.165, 1.54) is 11.9 Å². The van der Waals surface area contributed by atoms with E-state index in [4.69, 9.17) is 11.6 Å². The quantitative estimate of drug-likeness (QED) is 0.770. The highest BCUT2D eigenvalue weighted by atomic mass is 35.5. The van der Waals surface area contributed by atoms with E-state index < -0.39 is 6.04 Å². The Balaban J connectivity index is 1.79. The van der Waals surface area contributed by atoms with Crippen molar-refractivity contribution >= 4 is 35.3 Å². The van der Waals surface area contributed by atoms with Crippen molar-refractivity contribution in [3.63, 3.8) is 0 Å². The molecule has 0 saturated carbocycles. The lowest BCUT2D eigenvalue weighted by atomic mass is 10.2. The van der Waals surface area contributed by atoms with Gasteiger partial charge in [-0.15, -0.1) is 0 Å². The van der Waals surface area contributed by atoms with Gasteiger partial charge in [-0.1, -0.05) is 28.7 Å². The van der Waals surface area contributed by atoms with E-state index in [0.29, 0.717) is 23.4 Å². The molecule has 1 fully saturated rings. The molecule has 3 heterocycles. The Morgan fingerprint density at radius 1 is 1.24 bits per heavy atom. The van der Waals surface area contributed by atoms with Crippen LogP contribution in [0.4, 0.5) is 10.7 Å². The van der Waals surface area contributed by atoms with Crippen molar-refractivity contribution in [2.24, 2.45) is 4.99 Å². The number of aryl methyl sites for hydroxylation is 1. The van der Waals surface area contributed by atoms with Crippen molar-refractivity contribution in [2.45, 2.75) is 19.5 Å². The molecule has 0 N–H and O–H groups in total. The number of hydrogen-bond donors (Lipinski definition) is 0. The number of carbonyl (C=O) groups excluding carboxylic acids is 2. The van der Waals surface area contributed by atoms with E-state index in [9.17, 15) is 9.59 Å². The molecule has 0 bridgehead atoms. The van der Waals surface area contributed by atoms with Gasteiger partial charge in [0.25, 0.3) is 5.91 Å². The van der Waals surface area contributed by atoms with Crippen molar-refractivity contribution in [3.05, 3.63) is 46.7 Å². The van der Waals surface area contributed by atoms with Crippen LogP contribution in [0.15, 0.2) is 35.5 Å². The first kappa shape index (κ1) is 15.8. The Morgan fingerprint density at radius 3 is 2.72 bits per heavy atom. The zero-order valence-electron chi connectivity index (χ0n) is 14.1. The lowest BCUT2D eigenvalue weighted by Gasteiger charge is -2.30. The number of benzene rings is 1. The van der Waals surface area contributed by atoms with Gasteiger partial charge in [0.15, 0.2) is 0 Å². The number of hydrogen-bond acceptors (Lipinski definition) is 3. The predicted octanol–water partition coefficient (Wildman–Crippen LogP) is 1.89. The van der Waals surface area contributed by atoms with Gasteiger partial charge in [0.05, 0.1) is 6.54 Å². The molecule has 2 aromatic rings. The van der Waals surface area contributed by atoms with Gasteiger partial charge < -0.3 is 0 Å². The number of amides is 3. The number of rotatable bonds is 2. The van der Waals surface area contributed by atoms with Crippen molar-refractivity contribution in [1.29, 1.82) is 0 Å². The van der Waals surface area contributed by atoms with Gasteiger partial charge >= 0.3 is 12.0 Å². The van der Waals surface area contributed by atoms with Crippen molar-refractivity contribution in [3.8, 4) is 0 Å². The van der Waals surface area contributed by atoms with Crippen LogP contribution in [0.25, 0.3) is 0 Å². The van der Waals surface area contributed by atoms with E-state index in [-0.39, 0.29) is 11.9 Å². The fourth-order valence-electron chi connectivity index (χ4n) is 3.32. The molecule has 1 aromatic heterocycles. The lowest BCUT2D eigenvalue weighted by molar-refractivity contribution is -0.677. The first-order valence-corrected chi connectivity index (χ1v) is 8.26. The highest BCUT2D eigenvalue weighted by Gasteiger charge is 2.52. The summed E-state index contributed by atoms with van der Waals surface area (Å²) in [5.74, 6) is 0.842. The summed E-state index contributed by atoms with van der Waals surface area (Å²) in [6, 6.07) is 6.66. The summed E-state index contributed by atoms with van der Waals surface area (Å²) in [7, 11) is 3.13. The molecule has 128 valence electrons. The zero-order chi connectivity index (χ0) is 17.9. The molecule has 1 atom stereocenters. The summed E-state index contributed by atoms with van der Waals surface area (Å²) >= 11 is 6.08. The number of carbonyl (C=O) groups is 2. The third-order valence-electron chi connectivity index (χ3n) is 4.67. The summed E-state index contributed by atoms with van der Waals surface area (Å²) in [5.41, 5.74) is 2.02. The maximum atomic E-state index is 12.6. The number of halogens is 1. The molecule has 3 amide bonds. The minimum absolute atomic E-state index is 0.273. The smallest absolute Gasteiger partial charge is 0.270 e. The van der Waals surface area contributed by atoms with Gasteiger partial charge in [0.1, 0.15) is 11.9 Å². The number of aromatic nitrogens is 2. The average molecular weight is 359 g/mol. The fraction of sp³-hybridized carbons (Fsp3) is 0.294. The molecule has 1 unspecified atom stereocenters. The van der Waals surface area contributed by atoms with E-state index >= 15 is 0 Å². The Bertz CT molecular complexity index is 949. The summed E-state index contributed by atoms with van der Waals surface area (Å²) in [6.45, 7) is 2.55. The second-order valence-corrected chi connectivity index (χ2v) is 6.74. The topological polar surface area (TPSA) is 61.8 Å². The zero-order valence-corrected chi connectivity index (χ0v) is 14.9. The van der Waals surface area contributed by atoms with Crippen LogP contribution >= 0.6 is 11.6 Å². The average Bonchev–Trinajstić information content (AvgIpc) is 3.08. The van der Waals surface area contributed by atoms with Gasteiger partial charge in [-0.25, -0.2) is 13.9 Å². The van der Waals surface area contributed by atoms with Crippen molar-refractivity contribution < 1.29 is 14.2 Å². The molecule has 2 aliphatic rings. The molecule has 1 saturated heterocycles. The molecule has 4 rings (SSSR count). The van der Waals surface area contributed by atoms with Crippen LogP contribution in [0.2, 0.25) is 5.02 Å². The van der Waals surface area contributed by atoms with E-state index in [1.807, 2.05) is 46.5 Å². The Kier molecular flexibility index (Phi) is 3.43. The first-order valence-electron chi connectivity index (χ1n) is 7.88. The van der Waals surface area contributed by atoms with Crippen molar-refractivity contribution in [2.75, 3.05) is 14.1 Å². The third-order valence-corrected chi connectivity index (χ3v) is 4.91. The summed E-state index contributed by atoms with van der Waals surface area (Å²) in [6.07, 6.45) is 1.90. The molecule has 1 aromatic carbocycles. The number of nitrogens with zero attached hydrogens (tertiary/aromatic N) is 5. The van der Waals surface area contributed by atoms with Crippen LogP contribution < -0.4 is 4.57 Å². The number of aliphatic imine (C=N–C) groups is 1. The molecule has 7 nitrogen and oxygen atoms in total. The molecule has 25 heavy (non-hydrogen) atoms. The van der Waals surface area contributed by atoms with Crippen LogP contribution in [0.1, 0.15) is 17.3 Å². The minimum atomic E-state index is -0.595. The van der Waals surface area contributed by atoms with Crippen LogP contribution in [0, 0.1) is 6.92 Å². The maximum absolute atomic E-state index is 12.6. The van der Waals surface area contributed by atoms with Gasteiger partial charge in [-0.2, -0.15) is 0 Å². The first-order chi connectivity index (χ1) is 11.9. The molecular formula is C17H17ClN5O2+. The number of fused-ring (bicyclic) bond motifs is 3. The van der Waals surface area contributed by atoms with Crippen LogP contribution in [0.3, 0.4) is 0 Å². The molecule has 8 heteroatoms. The summed E-state index contributed by atoms with van der Waals surface area (Å²) < 4.78 is 3.85. The number of imide groups is 1. The molecular weight excluding hydrogens is 342 g/mol. The van der Waals surface area contributed by atoms with Crippen LogP contribution in [0.5, 0.6) is 0 Å². The number of likely N-dealkylation sites (N-methyl/N-ethyl adjacent to an activating group) is 2. The third kappa shape index (κ3) is 2.26. The second kappa shape index (κ2) is 5.42. The van der Waals surface area contributed by atoms with Gasteiger partial charge in [0.2, 0.25) is 11.9 Å². The minimum Gasteiger partial charge on any atom is -0.270 e. The summed E-state index contributed by atoms with van der Waals surface area (Å²) in [4.78, 5) is 31.9. The van der Waals surface area contributed by atoms with Gasteiger partial charge in [-0.3, -0.25) is 14.6 Å². The van der Waals surface area contributed by atoms with E-state index in [0.717, 1.165) is 16.2 Å². The lowest BCUT2D eigenvalue weighted by Crippen LogP contribution is -2.61. The van der Waals surface area contributed by atoms with Crippen molar-refractivity contribution in [1.82, 2.24) is 14.4 Å².